The van der Waals surface area contributed by atoms with Crippen LogP contribution in [0.5, 0.6) is 0 Å². The summed E-state index contributed by atoms with van der Waals surface area (Å²) in [6.45, 7) is 13.5. The van der Waals surface area contributed by atoms with Crippen molar-refractivity contribution in [2.24, 2.45) is 4.99 Å². The SMILES string of the molecule is CC(C)(N=CCO[Si](C)(C)C(C)(C)C)[C@H](NC(=O)c1ccc(C#CC#CCO)cc1)C(=O)CO. The van der Waals surface area contributed by atoms with Crippen LogP contribution in [0.25, 0.3) is 0 Å². The molecule has 0 bridgehead atoms. The molecule has 184 valence electrons. The van der Waals surface area contributed by atoms with E-state index in [2.05, 4.69) is 67.9 Å². The molecule has 1 amide bonds. The van der Waals surface area contributed by atoms with Gasteiger partial charge in [0.05, 0.1) is 12.1 Å². The Morgan fingerprint density at radius 3 is 2.26 bits per heavy atom. The normalized spacial score (nSPS) is 12.9. The van der Waals surface area contributed by atoms with E-state index in [1.807, 2.05) is 0 Å². The van der Waals surface area contributed by atoms with Gasteiger partial charge in [-0.1, -0.05) is 32.6 Å². The topological polar surface area (TPSA) is 108 Å². The van der Waals surface area contributed by atoms with Crippen molar-refractivity contribution in [3.05, 3.63) is 35.4 Å². The van der Waals surface area contributed by atoms with Crippen molar-refractivity contribution >= 4 is 26.2 Å². The molecule has 0 aliphatic heterocycles. The second-order valence-electron chi connectivity index (χ2n) is 9.85. The Hall–Kier alpha value is -2.75. The van der Waals surface area contributed by atoms with Crippen LogP contribution in [0.1, 0.15) is 50.5 Å². The summed E-state index contributed by atoms with van der Waals surface area (Å²) in [6.07, 6.45) is 1.62. The number of carbonyl (C=O) groups is 2. The van der Waals surface area contributed by atoms with E-state index in [-0.39, 0.29) is 11.6 Å². The quantitative estimate of drug-likeness (QED) is 0.284. The number of benzene rings is 1. The first-order valence-electron chi connectivity index (χ1n) is 11.1. The smallest absolute Gasteiger partial charge is 0.251 e. The number of Topliss-reactive ketones (excluding diaryl/α,β-unsaturated/α-hetero) is 1. The second-order valence-corrected chi connectivity index (χ2v) is 14.7. The standard InChI is InChI=1S/C26H36N2O5Si/c1-25(2,3)34(6,7)33-18-16-27-26(4,5)23(22(31)19-30)28-24(32)21-14-12-20(13-15-21)11-9-8-10-17-29/h12-16,23,29-30H,17-19H2,1-7H3,(H,28,32)/t23-/m1/s1. The molecule has 3 N–H and O–H groups in total. The average Bonchev–Trinajstić information content (AvgIpc) is 2.77. The summed E-state index contributed by atoms with van der Waals surface area (Å²) in [4.78, 5) is 29.8. The van der Waals surface area contributed by atoms with E-state index >= 15 is 0 Å². The van der Waals surface area contributed by atoms with Crippen LogP contribution < -0.4 is 5.32 Å². The molecule has 34 heavy (non-hydrogen) atoms. The molecule has 8 heteroatoms. The van der Waals surface area contributed by atoms with Gasteiger partial charge in [0.15, 0.2) is 14.1 Å². The first kappa shape index (κ1) is 29.3. The molecule has 7 nitrogen and oxygen atoms in total. The van der Waals surface area contributed by atoms with Crippen molar-refractivity contribution in [1.29, 1.82) is 0 Å². The number of hydrogen-bond donors (Lipinski definition) is 3. The van der Waals surface area contributed by atoms with Crippen molar-refractivity contribution in [3.8, 4) is 23.7 Å². The summed E-state index contributed by atoms with van der Waals surface area (Å²) < 4.78 is 6.10. The lowest BCUT2D eigenvalue weighted by Crippen LogP contribution is -2.54. The highest BCUT2D eigenvalue weighted by Gasteiger charge is 2.38. The van der Waals surface area contributed by atoms with E-state index in [1.165, 1.54) is 0 Å². The first-order chi connectivity index (χ1) is 15.7. The van der Waals surface area contributed by atoms with Crippen molar-refractivity contribution < 1.29 is 24.2 Å². The largest absolute Gasteiger partial charge is 0.412 e. The van der Waals surface area contributed by atoms with E-state index in [4.69, 9.17) is 9.53 Å². The third-order valence-corrected chi connectivity index (χ3v) is 10.3. The highest BCUT2D eigenvalue weighted by molar-refractivity contribution is 6.74. The minimum Gasteiger partial charge on any atom is -0.412 e. The summed E-state index contributed by atoms with van der Waals surface area (Å²) >= 11 is 0. The van der Waals surface area contributed by atoms with Gasteiger partial charge in [0.1, 0.15) is 19.3 Å². The van der Waals surface area contributed by atoms with Gasteiger partial charge in [0.25, 0.3) is 5.91 Å². The van der Waals surface area contributed by atoms with Gasteiger partial charge in [-0.2, -0.15) is 0 Å². The number of aliphatic hydroxyl groups is 2. The van der Waals surface area contributed by atoms with Crippen LogP contribution in [0.4, 0.5) is 0 Å². The van der Waals surface area contributed by atoms with E-state index < -0.39 is 38.2 Å². The van der Waals surface area contributed by atoms with Crippen molar-refractivity contribution in [2.45, 2.75) is 64.3 Å². The van der Waals surface area contributed by atoms with Crippen LogP contribution in [-0.4, -0.2) is 67.8 Å². The van der Waals surface area contributed by atoms with Crippen molar-refractivity contribution in [3.63, 3.8) is 0 Å². The Bertz CT molecular complexity index is 1000. The van der Waals surface area contributed by atoms with Crippen molar-refractivity contribution in [2.75, 3.05) is 19.8 Å². The zero-order valence-corrected chi connectivity index (χ0v) is 22.2. The molecular weight excluding hydrogens is 448 g/mol. The molecule has 1 rings (SSSR count). The van der Waals surface area contributed by atoms with E-state index in [0.717, 1.165) is 0 Å². The number of aliphatic hydroxyl groups excluding tert-OH is 2. The minimum absolute atomic E-state index is 0.0632. The summed E-state index contributed by atoms with van der Waals surface area (Å²) in [6, 6.07) is 5.47. The molecule has 0 aliphatic carbocycles. The van der Waals surface area contributed by atoms with Gasteiger partial charge in [-0.3, -0.25) is 14.6 Å². The van der Waals surface area contributed by atoms with Gasteiger partial charge in [0, 0.05) is 17.3 Å². The molecular formula is C26H36N2O5Si. The Morgan fingerprint density at radius 1 is 1.12 bits per heavy atom. The van der Waals surface area contributed by atoms with Gasteiger partial charge in [-0.15, -0.1) is 0 Å². The third kappa shape index (κ3) is 8.89. The predicted molar refractivity (Wildman–Crippen MR) is 137 cm³/mol. The second kappa shape index (κ2) is 12.6. The predicted octanol–water partition coefficient (Wildman–Crippen LogP) is 2.56. The van der Waals surface area contributed by atoms with Crippen LogP contribution in [0.15, 0.2) is 29.3 Å². The molecule has 0 radical (unpaired) electrons. The van der Waals surface area contributed by atoms with Gasteiger partial charge >= 0.3 is 0 Å². The molecule has 0 heterocycles. The van der Waals surface area contributed by atoms with E-state index in [9.17, 15) is 14.7 Å². The van der Waals surface area contributed by atoms with Gasteiger partial charge < -0.3 is 20.0 Å². The van der Waals surface area contributed by atoms with Gasteiger partial charge in [0.2, 0.25) is 0 Å². The lowest BCUT2D eigenvalue weighted by atomic mass is 9.91. The Balaban J connectivity index is 2.94. The number of nitrogens with zero attached hydrogens (tertiary/aromatic N) is 1. The van der Waals surface area contributed by atoms with E-state index in [1.54, 1.807) is 44.3 Å². The zero-order chi connectivity index (χ0) is 26.0. The number of hydrogen-bond acceptors (Lipinski definition) is 6. The van der Waals surface area contributed by atoms with Gasteiger partial charge in [-0.25, -0.2) is 0 Å². The first-order valence-corrected chi connectivity index (χ1v) is 14.0. The maximum atomic E-state index is 12.8. The zero-order valence-electron chi connectivity index (χ0n) is 21.2. The lowest BCUT2D eigenvalue weighted by molar-refractivity contribution is -0.124. The molecule has 0 fully saturated rings. The number of ketones is 1. The van der Waals surface area contributed by atoms with Gasteiger partial charge in [-0.05, 0) is 68.1 Å². The van der Waals surface area contributed by atoms with Crippen LogP contribution in [0.2, 0.25) is 18.1 Å². The molecule has 0 spiro atoms. The fraction of sp³-hybridized carbons (Fsp3) is 0.500. The Kier molecular flexibility index (Phi) is 10.9. The Labute approximate surface area is 204 Å². The maximum Gasteiger partial charge on any atom is 0.251 e. The van der Waals surface area contributed by atoms with Crippen LogP contribution >= 0.6 is 0 Å². The molecule has 0 aromatic heterocycles. The molecule has 0 aliphatic rings. The summed E-state index contributed by atoms with van der Waals surface area (Å²) in [5.74, 6) is 9.33. The fourth-order valence-electron chi connectivity index (χ4n) is 2.66. The molecule has 0 unspecified atom stereocenters. The average molecular weight is 485 g/mol. The number of nitrogens with one attached hydrogen (secondary N) is 1. The Morgan fingerprint density at radius 2 is 1.74 bits per heavy atom. The molecule has 1 atom stereocenters. The fourth-order valence-corrected chi connectivity index (χ4v) is 3.58. The van der Waals surface area contributed by atoms with E-state index in [0.29, 0.717) is 17.7 Å². The number of amides is 1. The monoisotopic (exact) mass is 484 g/mol. The van der Waals surface area contributed by atoms with Crippen molar-refractivity contribution in [1.82, 2.24) is 5.32 Å². The summed E-state index contributed by atoms with van der Waals surface area (Å²) in [5.41, 5.74) is -0.00881. The molecule has 0 saturated heterocycles. The summed E-state index contributed by atoms with van der Waals surface area (Å²) in [7, 11) is -1.94. The molecule has 1 aromatic carbocycles. The maximum absolute atomic E-state index is 12.8. The van der Waals surface area contributed by atoms with Crippen LogP contribution in [-0.2, 0) is 9.22 Å². The third-order valence-electron chi connectivity index (χ3n) is 5.79. The van der Waals surface area contributed by atoms with Crippen LogP contribution in [0, 0.1) is 23.7 Å². The summed E-state index contributed by atoms with van der Waals surface area (Å²) in [5, 5.41) is 20.9. The minimum atomic E-state index is -1.94. The number of aliphatic imine (C=N–C) groups is 1. The molecule has 0 saturated carbocycles. The number of carbonyl (C=O) groups excluding carboxylic acids is 2. The number of rotatable bonds is 9. The molecule has 1 aromatic rings. The highest BCUT2D eigenvalue weighted by Crippen LogP contribution is 2.36. The van der Waals surface area contributed by atoms with Crippen LogP contribution in [0.3, 0.4) is 0 Å². The lowest BCUT2D eigenvalue weighted by Gasteiger charge is -2.36. The highest BCUT2D eigenvalue weighted by atomic mass is 28.4.